The summed E-state index contributed by atoms with van der Waals surface area (Å²) in [6, 6.07) is 10.5. The van der Waals surface area contributed by atoms with Crippen molar-refractivity contribution in [2.24, 2.45) is 0 Å². The molecule has 2 aromatic rings. The second-order valence-corrected chi connectivity index (χ2v) is 6.47. The molecular formula is C21H24N2O4. The third-order valence-corrected chi connectivity index (χ3v) is 4.02. The van der Waals surface area contributed by atoms with E-state index in [9.17, 15) is 14.4 Å². The third-order valence-electron chi connectivity index (χ3n) is 4.02. The van der Waals surface area contributed by atoms with Crippen molar-refractivity contribution in [2.75, 3.05) is 18.5 Å². The van der Waals surface area contributed by atoms with Gasteiger partial charge in [-0.3, -0.25) is 14.4 Å². The Balaban J connectivity index is 1.80. The number of aryl methyl sites for hydroxylation is 3. The lowest BCUT2D eigenvalue weighted by Crippen LogP contribution is -2.36. The Morgan fingerprint density at radius 2 is 1.52 bits per heavy atom. The van der Waals surface area contributed by atoms with E-state index >= 15 is 0 Å². The number of hydrogen-bond acceptors (Lipinski definition) is 4. The fraction of sp³-hybridized carbons (Fsp3) is 0.286. The van der Waals surface area contributed by atoms with Crippen molar-refractivity contribution >= 4 is 23.3 Å². The number of nitrogens with one attached hydrogen (secondary N) is 2. The molecule has 0 aliphatic rings. The lowest BCUT2D eigenvalue weighted by Gasteiger charge is -2.13. The van der Waals surface area contributed by atoms with Gasteiger partial charge in [0.15, 0.2) is 12.4 Å². The molecule has 6 heteroatoms. The highest BCUT2D eigenvalue weighted by molar-refractivity contribution is 5.96. The molecule has 2 rings (SSSR count). The monoisotopic (exact) mass is 368 g/mol. The average molecular weight is 368 g/mol. The Morgan fingerprint density at radius 1 is 0.926 bits per heavy atom. The van der Waals surface area contributed by atoms with Crippen molar-refractivity contribution in [3.63, 3.8) is 0 Å². The van der Waals surface area contributed by atoms with E-state index in [0.29, 0.717) is 11.3 Å². The first-order valence-electron chi connectivity index (χ1n) is 8.64. The molecule has 2 N–H and O–H groups in total. The van der Waals surface area contributed by atoms with E-state index in [2.05, 4.69) is 10.6 Å². The van der Waals surface area contributed by atoms with Crippen molar-refractivity contribution in [1.82, 2.24) is 5.32 Å². The Morgan fingerprint density at radius 3 is 2.07 bits per heavy atom. The number of rotatable bonds is 7. The van der Waals surface area contributed by atoms with Gasteiger partial charge < -0.3 is 15.4 Å². The van der Waals surface area contributed by atoms with Gasteiger partial charge in [-0.2, -0.15) is 0 Å². The number of carbonyl (C=O) groups excluding carboxylic acids is 3. The predicted octanol–water partition coefficient (Wildman–Crippen LogP) is 2.95. The molecule has 142 valence electrons. The highest BCUT2D eigenvalue weighted by Crippen LogP contribution is 2.21. The van der Waals surface area contributed by atoms with Crippen molar-refractivity contribution < 1.29 is 19.1 Å². The molecule has 0 spiro atoms. The van der Waals surface area contributed by atoms with E-state index in [4.69, 9.17) is 4.74 Å². The number of anilines is 1. The SMILES string of the molecule is CC(=O)c1ccc(OCC(=O)NCC(=O)Nc2c(C)cc(C)cc2C)cc1. The van der Waals surface area contributed by atoms with E-state index in [-0.39, 0.29) is 24.8 Å². The van der Waals surface area contributed by atoms with E-state index in [1.807, 2.05) is 32.9 Å². The Hall–Kier alpha value is -3.15. The summed E-state index contributed by atoms with van der Waals surface area (Å²) in [5, 5.41) is 5.35. The van der Waals surface area contributed by atoms with E-state index in [1.165, 1.54) is 6.92 Å². The average Bonchev–Trinajstić information content (AvgIpc) is 2.61. The van der Waals surface area contributed by atoms with Crippen LogP contribution in [0, 0.1) is 20.8 Å². The normalized spacial score (nSPS) is 10.2. The van der Waals surface area contributed by atoms with Crippen LogP contribution in [0.3, 0.4) is 0 Å². The van der Waals surface area contributed by atoms with Gasteiger partial charge in [0.05, 0.1) is 6.54 Å². The Bertz CT molecular complexity index is 834. The molecule has 0 heterocycles. The summed E-state index contributed by atoms with van der Waals surface area (Å²) in [6.45, 7) is 6.99. The van der Waals surface area contributed by atoms with Gasteiger partial charge >= 0.3 is 0 Å². The van der Waals surface area contributed by atoms with Crippen LogP contribution in [0.15, 0.2) is 36.4 Å². The summed E-state index contributed by atoms with van der Waals surface area (Å²) in [5.74, 6) is -0.266. The van der Waals surface area contributed by atoms with Crippen LogP contribution in [0.25, 0.3) is 0 Å². The molecular weight excluding hydrogens is 344 g/mol. The second kappa shape index (κ2) is 8.98. The number of hydrogen-bond donors (Lipinski definition) is 2. The molecule has 0 unspecified atom stereocenters. The van der Waals surface area contributed by atoms with Crippen LogP contribution < -0.4 is 15.4 Å². The fourth-order valence-corrected chi connectivity index (χ4v) is 2.73. The zero-order valence-corrected chi connectivity index (χ0v) is 16.0. The molecule has 0 saturated carbocycles. The van der Waals surface area contributed by atoms with Gasteiger partial charge in [-0.15, -0.1) is 0 Å². The number of carbonyl (C=O) groups is 3. The van der Waals surface area contributed by atoms with Crippen LogP contribution in [0.4, 0.5) is 5.69 Å². The van der Waals surface area contributed by atoms with Crippen LogP contribution in [0.5, 0.6) is 5.75 Å². The number of benzene rings is 2. The minimum atomic E-state index is -0.404. The van der Waals surface area contributed by atoms with Crippen molar-refractivity contribution in [1.29, 1.82) is 0 Å². The van der Waals surface area contributed by atoms with Gasteiger partial charge in [0.2, 0.25) is 5.91 Å². The Kier molecular flexibility index (Phi) is 6.71. The van der Waals surface area contributed by atoms with Crippen LogP contribution in [0.2, 0.25) is 0 Å². The molecule has 0 radical (unpaired) electrons. The highest BCUT2D eigenvalue weighted by Gasteiger charge is 2.10. The van der Waals surface area contributed by atoms with Gasteiger partial charge in [0.25, 0.3) is 5.91 Å². The molecule has 0 saturated heterocycles. The van der Waals surface area contributed by atoms with Crippen LogP contribution >= 0.6 is 0 Å². The predicted molar refractivity (Wildman–Crippen MR) is 104 cm³/mol. The van der Waals surface area contributed by atoms with Gasteiger partial charge in [-0.05, 0) is 63.1 Å². The number of ether oxygens (including phenoxy) is 1. The van der Waals surface area contributed by atoms with E-state index in [0.717, 1.165) is 22.4 Å². The number of Topliss-reactive ketones (excluding diaryl/α,β-unsaturated/α-hetero) is 1. The summed E-state index contributed by atoms with van der Waals surface area (Å²) in [5.41, 5.74) is 4.42. The van der Waals surface area contributed by atoms with Crippen molar-refractivity contribution in [2.45, 2.75) is 27.7 Å². The summed E-state index contributed by atoms with van der Waals surface area (Å²) in [4.78, 5) is 35.2. The van der Waals surface area contributed by atoms with E-state index < -0.39 is 5.91 Å². The molecule has 0 bridgehead atoms. The maximum atomic E-state index is 12.1. The summed E-state index contributed by atoms with van der Waals surface area (Å²) in [6.07, 6.45) is 0. The first-order chi connectivity index (χ1) is 12.8. The summed E-state index contributed by atoms with van der Waals surface area (Å²) < 4.78 is 5.35. The first kappa shape index (κ1) is 20.2. The van der Waals surface area contributed by atoms with Gasteiger partial charge in [0.1, 0.15) is 5.75 Å². The standard InChI is InChI=1S/C21H24N2O4/c1-13-9-14(2)21(15(3)10-13)23-19(25)11-22-20(26)12-27-18-7-5-17(6-8-18)16(4)24/h5-10H,11-12H2,1-4H3,(H,22,26)(H,23,25). The quantitative estimate of drug-likeness (QED) is 0.736. The molecule has 6 nitrogen and oxygen atoms in total. The second-order valence-electron chi connectivity index (χ2n) is 6.47. The molecule has 0 aromatic heterocycles. The molecule has 27 heavy (non-hydrogen) atoms. The third kappa shape index (κ3) is 5.95. The van der Waals surface area contributed by atoms with Crippen LogP contribution in [-0.4, -0.2) is 30.7 Å². The van der Waals surface area contributed by atoms with Crippen LogP contribution in [-0.2, 0) is 9.59 Å². The molecule has 0 aliphatic heterocycles. The minimum Gasteiger partial charge on any atom is -0.484 e. The lowest BCUT2D eigenvalue weighted by molar-refractivity contribution is -0.125. The van der Waals surface area contributed by atoms with Gasteiger partial charge in [-0.1, -0.05) is 17.7 Å². The maximum absolute atomic E-state index is 12.1. The first-order valence-corrected chi connectivity index (χ1v) is 8.64. The molecule has 0 atom stereocenters. The lowest BCUT2D eigenvalue weighted by atomic mass is 10.1. The molecule has 0 aliphatic carbocycles. The largest absolute Gasteiger partial charge is 0.484 e. The summed E-state index contributed by atoms with van der Waals surface area (Å²) >= 11 is 0. The smallest absolute Gasteiger partial charge is 0.258 e. The van der Waals surface area contributed by atoms with Crippen LogP contribution in [0.1, 0.15) is 34.0 Å². The van der Waals surface area contributed by atoms with Crippen molar-refractivity contribution in [3.05, 3.63) is 58.7 Å². The minimum absolute atomic E-state index is 0.0376. The zero-order chi connectivity index (χ0) is 20.0. The van der Waals surface area contributed by atoms with E-state index in [1.54, 1.807) is 24.3 Å². The zero-order valence-electron chi connectivity index (χ0n) is 16.0. The Labute approximate surface area is 158 Å². The molecule has 2 aromatic carbocycles. The maximum Gasteiger partial charge on any atom is 0.258 e. The van der Waals surface area contributed by atoms with Gasteiger partial charge in [-0.25, -0.2) is 0 Å². The topological polar surface area (TPSA) is 84.5 Å². The highest BCUT2D eigenvalue weighted by atomic mass is 16.5. The van der Waals surface area contributed by atoms with Crippen molar-refractivity contribution in [3.8, 4) is 5.75 Å². The summed E-state index contributed by atoms with van der Waals surface area (Å²) in [7, 11) is 0. The number of amides is 2. The number of ketones is 1. The van der Waals surface area contributed by atoms with Gasteiger partial charge in [0, 0.05) is 11.3 Å². The molecule has 2 amide bonds. The molecule has 0 fully saturated rings. The fourth-order valence-electron chi connectivity index (χ4n) is 2.73.